The highest BCUT2D eigenvalue weighted by atomic mass is 35.5. The highest BCUT2D eigenvalue weighted by Crippen LogP contribution is 2.28. The zero-order valence-electron chi connectivity index (χ0n) is 13.9. The van der Waals surface area contributed by atoms with Gasteiger partial charge in [0.25, 0.3) is 5.91 Å². The molecule has 0 unspecified atom stereocenters. The molecular weight excluding hydrogens is 390 g/mol. The smallest absolute Gasteiger partial charge is 0.264 e. The lowest BCUT2D eigenvalue weighted by molar-refractivity contribution is -0.118. The molecule has 1 heterocycles. The lowest BCUT2D eigenvalue weighted by atomic mass is 10.2. The lowest BCUT2D eigenvalue weighted by Gasteiger charge is -2.05. The van der Waals surface area contributed by atoms with E-state index in [4.69, 9.17) is 16.3 Å². The van der Waals surface area contributed by atoms with Crippen molar-refractivity contribution in [2.45, 2.75) is 17.0 Å². The molecule has 1 amide bonds. The van der Waals surface area contributed by atoms with Crippen LogP contribution in [0.5, 0.6) is 5.75 Å². The van der Waals surface area contributed by atoms with Gasteiger partial charge in [-0.1, -0.05) is 59.0 Å². The molecule has 0 radical (unpaired) electrons. The summed E-state index contributed by atoms with van der Waals surface area (Å²) in [5.41, 5.74) is 2.22. The van der Waals surface area contributed by atoms with Gasteiger partial charge < -0.3 is 4.74 Å². The van der Waals surface area contributed by atoms with Crippen LogP contribution in [0.25, 0.3) is 0 Å². The van der Waals surface area contributed by atoms with Crippen LogP contribution in [-0.2, 0) is 10.5 Å². The Morgan fingerprint density at radius 1 is 1.23 bits per heavy atom. The van der Waals surface area contributed by atoms with Gasteiger partial charge in [-0.15, -0.1) is 10.2 Å². The van der Waals surface area contributed by atoms with Gasteiger partial charge in [0.15, 0.2) is 10.9 Å². The first kappa shape index (κ1) is 18.7. The van der Waals surface area contributed by atoms with Crippen molar-refractivity contribution in [1.29, 1.82) is 0 Å². The lowest BCUT2D eigenvalue weighted by Crippen LogP contribution is -2.20. The van der Waals surface area contributed by atoms with Crippen molar-refractivity contribution in [3.63, 3.8) is 0 Å². The molecule has 3 aromatic rings. The fourth-order valence-electron chi connectivity index (χ4n) is 2.05. The van der Waals surface area contributed by atoms with Crippen LogP contribution in [-0.4, -0.2) is 22.7 Å². The van der Waals surface area contributed by atoms with E-state index < -0.39 is 0 Å². The molecule has 5 nitrogen and oxygen atoms in total. The summed E-state index contributed by atoms with van der Waals surface area (Å²) >= 11 is 8.77. The van der Waals surface area contributed by atoms with Crippen LogP contribution in [0.3, 0.4) is 0 Å². The highest BCUT2D eigenvalue weighted by Gasteiger charge is 2.10. The van der Waals surface area contributed by atoms with Crippen LogP contribution in [0.4, 0.5) is 5.13 Å². The molecule has 0 aliphatic carbocycles. The average Bonchev–Trinajstić information content (AvgIpc) is 3.07. The Morgan fingerprint density at radius 2 is 2.04 bits per heavy atom. The number of carbonyl (C=O) groups is 1. The van der Waals surface area contributed by atoms with Crippen molar-refractivity contribution in [1.82, 2.24) is 10.2 Å². The SMILES string of the molecule is Cc1cccc(OCC(=O)Nc2nnc(SCc3ccc(Cl)cc3)s2)c1. The Bertz CT molecular complexity index is 884. The minimum atomic E-state index is -0.267. The quantitative estimate of drug-likeness (QED) is 0.451. The van der Waals surface area contributed by atoms with Crippen LogP contribution in [0.1, 0.15) is 11.1 Å². The van der Waals surface area contributed by atoms with Gasteiger partial charge in [0.2, 0.25) is 5.13 Å². The number of halogens is 1. The van der Waals surface area contributed by atoms with Gasteiger partial charge >= 0.3 is 0 Å². The summed E-state index contributed by atoms with van der Waals surface area (Å²) in [6.45, 7) is 1.90. The zero-order valence-corrected chi connectivity index (χ0v) is 16.3. The molecule has 26 heavy (non-hydrogen) atoms. The van der Waals surface area contributed by atoms with E-state index in [0.29, 0.717) is 15.9 Å². The number of hydrogen-bond acceptors (Lipinski definition) is 6. The largest absolute Gasteiger partial charge is 0.484 e. The predicted molar refractivity (Wildman–Crippen MR) is 106 cm³/mol. The molecule has 1 N–H and O–H groups in total. The Labute approximate surface area is 164 Å². The average molecular weight is 406 g/mol. The van der Waals surface area contributed by atoms with Crippen molar-refractivity contribution < 1.29 is 9.53 Å². The molecule has 0 saturated heterocycles. The maximum atomic E-state index is 12.0. The number of anilines is 1. The molecule has 1 aromatic heterocycles. The van der Waals surface area contributed by atoms with E-state index in [-0.39, 0.29) is 12.5 Å². The van der Waals surface area contributed by atoms with Gasteiger partial charge in [-0.25, -0.2) is 0 Å². The fourth-order valence-corrected chi connectivity index (χ4v) is 3.90. The first-order valence-electron chi connectivity index (χ1n) is 7.78. The number of benzene rings is 2. The molecule has 0 aliphatic rings. The van der Waals surface area contributed by atoms with Gasteiger partial charge in [-0.3, -0.25) is 10.1 Å². The Hall–Kier alpha value is -2.09. The maximum absolute atomic E-state index is 12.0. The molecule has 2 aromatic carbocycles. The topological polar surface area (TPSA) is 64.1 Å². The maximum Gasteiger partial charge on any atom is 0.264 e. The van der Waals surface area contributed by atoms with E-state index >= 15 is 0 Å². The Morgan fingerprint density at radius 3 is 2.81 bits per heavy atom. The van der Waals surface area contributed by atoms with Gasteiger partial charge in [-0.05, 0) is 42.3 Å². The Kier molecular flexibility index (Phi) is 6.49. The van der Waals surface area contributed by atoms with Gasteiger partial charge in [-0.2, -0.15) is 0 Å². The number of amides is 1. The number of rotatable bonds is 7. The van der Waals surface area contributed by atoms with Crippen LogP contribution < -0.4 is 10.1 Å². The molecule has 3 rings (SSSR count). The van der Waals surface area contributed by atoms with E-state index in [2.05, 4.69) is 15.5 Å². The summed E-state index contributed by atoms with van der Waals surface area (Å²) in [5, 5.41) is 12.0. The monoisotopic (exact) mass is 405 g/mol. The summed E-state index contributed by atoms with van der Waals surface area (Å²) < 4.78 is 6.26. The van der Waals surface area contributed by atoms with Crippen molar-refractivity contribution in [2.24, 2.45) is 0 Å². The van der Waals surface area contributed by atoms with Gasteiger partial charge in [0, 0.05) is 10.8 Å². The minimum Gasteiger partial charge on any atom is -0.484 e. The number of ether oxygens (including phenoxy) is 1. The molecule has 0 atom stereocenters. The van der Waals surface area contributed by atoms with Crippen molar-refractivity contribution in [3.05, 3.63) is 64.7 Å². The third-order valence-electron chi connectivity index (χ3n) is 3.29. The van der Waals surface area contributed by atoms with Crippen LogP contribution in [0, 0.1) is 6.92 Å². The van der Waals surface area contributed by atoms with Crippen LogP contribution in [0.2, 0.25) is 5.02 Å². The second kappa shape index (κ2) is 9.02. The van der Waals surface area contributed by atoms with E-state index in [0.717, 1.165) is 21.2 Å². The fraction of sp³-hybridized carbons (Fsp3) is 0.167. The summed E-state index contributed by atoms with van der Waals surface area (Å²) in [6, 6.07) is 15.2. The number of thioether (sulfide) groups is 1. The zero-order chi connectivity index (χ0) is 18.4. The summed E-state index contributed by atoms with van der Waals surface area (Å²) in [4.78, 5) is 12.0. The molecular formula is C18H16ClN3O2S2. The van der Waals surface area contributed by atoms with E-state index in [9.17, 15) is 4.79 Å². The van der Waals surface area contributed by atoms with E-state index in [1.807, 2.05) is 55.5 Å². The minimum absolute atomic E-state index is 0.0731. The molecule has 0 saturated carbocycles. The van der Waals surface area contributed by atoms with Crippen molar-refractivity contribution in [2.75, 3.05) is 11.9 Å². The predicted octanol–water partition coefficient (Wildman–Crippen LogP) is 4.81. The number of hydrogen-bond donors (Lipinski definition) is 1. The third kappa shape index (κ3) is 5.72. The summed E-state index contributed by atoms with van der Waals surface area (Å²) in [7, 11) is 0. The molecule has 0 spiro atoms. The summed E-state index contributed by atoms with van der Waals surface area (Å²) in [6.07, 6.45) is 0. The highest BCUT2D eigenvalue weighted by molar-refractivity contribution is 8.00. The molecule has 8 heteroatoms. The summed E-state index contributed by atoms with van der Waals surface area (Å²) in [5.74, 6) is 1.16. The van der Waals surface area contributed by atoms with Gasteiger partial charge in [0.1, 0.15) is 5.75 Å². The van der Waals surface area contributed by atoms with E-state index in [1.165, 1.54) is 11.3 Å². The number of nitrogens with one attached hydrogen (secondary N) is 1. The third-order valence-corrected chi connectivity index (χ3v) is 5.58. The number of nitrogens with zero attached hydrogens (tertiary/aromatic N) is 2. The van der Waals surface area contributed by atoms with Crippen molar-refractivity contribution in [3.8, 4) is 5.75 Å². The standard InChI is InChI=1S/C18H16ClN3O2S2/c1-12-3-2-4-15(9-12)24-10-16(23)20-17-21-22-18(26-17)25-11-13-5-7-14(19)8-6-13/h2-9H,10-11H2,1H3,(H,20,21,23). The normalized spacial score (nSPS) is 10.5. The number of aromatic nitrogens is 2. The molecule has 0 aliphatic heterocycles. The Balaban J connectivity index is 1.46. The van der Waals surface area contributed by atoms with Gasteiger partial charge in [0.05, 0.1) is 0 Å². The second-order valence-electron chi connectivity index (χ2n) is 5.44. The van der Waals surface area contributed by atoms with Crippen LogP contribution >= 0.6 is 34.7 Å². The van der Waals surface area contributed by atoms with Crippen LogP contribution in [0.15, 0.2) is 52.9 Å². The molecule has 0 fully saturated rings. The second-order valence-corrected chi connectivity index (χ2v) is 8.08. The van der Waals surface area contributed by atoms with E-state index in [1.54, 1.807) is 11.8 Å². The number of carbonyl (C=O) groups excluding carboxylic acids is 1. The first-order valence-corrected chi connectivity index (χ1v) is 9.96. The molecule has 134 valence electrons. The van der Waals surface area contributed by atoms with Crippen molar-refractivity contribution >= 4 is 45.7 Å². The molecule has 0 bridgehead atoms. The first-order chi connectivity index (χ1) is 12.6. The number of aryl methyl sites for hydroxylation is 1.